The monoisotopic (exact) mass is 305 g/mol. The topological polar surface area (TPSA) is 42.2 Å². The third kappa shape index (κ3) is 2.89. The van der Waals surface area contributed by atoms with E-state index >= 15 is 0 Å². The van der Waals surface area contributed by atoms with Gasteiger partial charge < -0.3 is 9.73 Å². The van der Waals surface area contributed by atoms with Crippen LogP contribution in [0.3, 0.4) is 0 Å². The summed E-state index contributed by atoms with van der Waals surface area (Å²) in [6.07, 6.45) is 6.31. The molecule has 1 aromatic carbocycles. The quantitative estimate of drug-likeness (QED) is 0.915. The highest BCUT2D eigenvalue weighted by molar-refractivity contribution is 5.77. The van der Waals surface area contributed by atoms with E-state index in [-0.39, 0.29) is 5.91 Å². The van der Waals surface area contributed by atoms with Crippen LogP contribution in [0, 0.1) is 11.6 Å². The van der Waals surface area contributed by atoms with Crippen LogP contribution < -0.4 is 5.32 Å². The van der Waals surface area contributed by atoms with Crippen LogP contribution in [0.4, 0.5) is 8.78 Å². The molecule has 2 aromatic rings. The van der Waals surface area contributed by atoms with E-state index in [0.29, 0.717) is 31.2 Å². The molecule has 0 saturated heterocycles. The molecule has 116 valence electrons. The Hall–Kier alpha value is -2.17. The normalized spacial score (nSPS) is 16.1. The molecule has 1 amide bonds. The van der Waals surface area contributed by atoms with E-state index in [0.717, 1.165) is 18.1 Å². The zero-order chi connectivity index (χ0) is 15.6. The van der Waals surface area contributed by atoms with Crippen molar-refractivity contribution in [2.75, 3.05) is 0 Å². The second kappa shape index (κ2) is 5.91. The van der Waals surface area contributed by atoms with E-state index in [1.165, 1.54) is 12.1 Å². The highest BCUT2D eigenvalue weighted by Crippen LogP contribution is 2.42. The second-order valence-electron chi connectivity index (χ2n) is 5.74. The van der Waals surface area contributed by atoms with Crippen molar-refractivity contribution in [3.05, 3.63) is 59.6 Å². The minimum Gasteiger partial charge on any atom is -0.472 e. The number of nitrogens with one attached hydrogen (secondary N) is 1. The first-order chi connectivity index (χ1) is 10.6. The number of halogens is 2. The van der Waals surface area contributed by atoms with E-state index in [1.54, 1.807) is 12.5 Å². The number of aryl methyl sites for hydroxylation is 1. The number of hydrogen-bond donors (Lipinski definition) is 1. The molecule has 3 rings (SSSR count). The van der Waals surface area contributed by atoms with Crippen molar-refractivity contribution in [2.24, 2.45) is 0 Å². The average Bonchev–Trinajstić information content (AvgIpc) is 2.94. The number of benzene rings is 1. The molecule has 1 saturated carbocycles. The summed E-state index contributed by atoms with van der Waals surface area (Å²) in [4.78, 5) is 12.2. The smallest absolute Gasteiger partial charge is 0.221 e. The van der Waals surface area contributed by atoms with Crippen molar-refractivity contribution in [1.29, 1.82) is 0 Å². The maximum Gasteiger partial charge on any atom is 0.221 e. The van der Waals surface area contributed by atoms with Gasteiger partial charge in [0.25, 0.3) is 0 Å². The van der Waals surface area contributed by atoms with Crippen molar-refractivity contribution in [3.63, 3.8) is 0 Å². The fourth-order valence-corrected chi connectivity index (χ4v) is 2.89. The summed E-state index contributed by atoms with van der Waals surface area (Å²) in [5, 5.41) is 2.94. The number of carbonyl (C=O) groups excluding carboxylic acids is 1. The lowest BCUT2D eigenvalue weighted by molar-refractivity contribution is -0.124. The lowest BCUT2D eigenvalue weighted by Crippen LogP contribution is -2.51. The Morgan fingerprint density at radius 2 is 2.09 bits per heavy atom. The van der Waals surface area contributed by atoms with Crippen molar-refractivity contribution >= 4 is 5.91 Å². The molecular formula is C17H17F2NO2. The van der Waals surface area contributed by atoms with Gasteiger partial charge in [0.2, 0.25) is 5.91 Å². The third-order valence-corrected chi connectivity index (χ3v) is 4.25. The maximum atomic E-state index is 14.0. The van der Waals surface area contributed by atoms with Gasteiger partial charge in [0.05, 0.1) is 18.1 Å². The summed E-state index contributed by atoms with van der Waals surface area (Å²) in [7, 11) is 0. The van der Waals surface area contributed by atoms with Gasteiger partial charge in [-0.05, 0) is 43.4 Å². The van der Waals surface area contributed by atoms with E-state index in [4.69, 9.17) is 4.42 Å². The Morgan fingerprint density at radius 1 is 1.27 bits per heavy atom. The van der Waals surface area contributed by atoms with Crippen LogP contribution in [-0.2, 0) is 16.8 Å². The van der Waals surface area contributed by atoms with Crippen LogP contribution in [-0.4, -0.2) is 5.91 Å². The number of rotatable bonds is 5. The number of amides is 1. The first-order valence-corrected chi connectivity index (χ1v) is 7.37. The van der Waals surface area contributed by atoms with Crippen LogP contribution in [0.1, 0.15) is 36.8 Å². The highest BCUT2D eigenvalue weighted by Gasteiger charge is 2.41. The molecule has 1 N–H and O–H groups in total. The lowest BCUT2D eigenvalue weighted by Gasteiger charge is -2.43. The molecule has 1 aliphatic carbocycles. The summed E-state index contributed by atoms with van der Waals surface area (Å²) in [6.45, 7) is 0. The van der Waals surface area contributed by atoms with Gasteiger partial charge in [-0.3, -0.25) is 4.79 Å². The Balaban J connectivity index is 1.69. The van der Waals surface area contributed by atoms with Gasteiger partial charge in [-0.2, -0.15) is 0 Å². The number of furan rings is 1. The zero-order valence-electron chi connectivity index (χ0n) is 12.1. The summed E-state index contributed by atoms with van der Waals surface area (Å²) < 4.78 is 32.0. The van der Waals surface area contributed by atoms with Crippen LogP contribution in [0.2, 0.25) is 0 Å². The van der Waals surface area contributed by atoms with Crippen molar-refractivity contribution in [2.45, 2.75) is 37.6 Å². The number of carbonyl (C=O) groups is 1. The molecule has 1 heterocycles. The van der Waals surface area contributed by atoms with Crippen LogP contribution in [0.15, 0.2) is 41.2 Å². The molecule has 0 spiro atoms. The molecule has 0 aliphatic heterocycles. The molecule has 1 fully saturated rings. The van der Waals surface area contributed by atoms with E-state index in [2.05, 4.69) is 5.32 Å². The van der Waals surface area contributed by atoms with Gasteiger partial charge in [0.15, 0.2) is 0 Å². The van der Waals surface area contributed by atoms with Gasteiger partial charge in [0.1, 0.15) is 11.6 Å². The average molecular weight is 305 g/mol. The maximum absolute atomic E-state index is 14.0. The standard InChI is InChI=1S/C17H17F2NO2/c18-13-3-4-14(15(19)10-13)17(7-1-8-17)20-16(21)5-2-12-6-9-22-11-12/h3-4,6,9-11H,1-2,5,7-8H2,(H,20,21). The molecule has 0 unspecified atom stereocenters. The molecule has 22 heavy (non-hydrogen) atoms. The zero-order valence-corrected chi connectivity index (χ0v) is 12.1. The molecule has 0 radical (unpaired) electrons. The minimum absolute atomic E-state index is 0.135. The van der Waals surface area contributed by atoms with Crippen molar-refractivity contribution in [3.8, 4) is 0 Å². The van der Waals surface area contributed by atoms with Gasteiger partial charge in [0, 0.05) is 18.1 Å². The Morgan fingerprint density at radius 3 is 2.68 bits per heavy atom. The van der Waals surface area contributed by atoms with Gasteiger partial charge >= 0.3 is 0 Å². The van der Waals surface area contributed by atoms with Crippen LogP contribution >= 0.6 is 0 Å². The summed E-state index contributed by atoms with van der Waals surface area (Å²) in [5.41, 5.74) is 0.633. The van der Waals surface area contributed by atoms with Gasteiger partial charge in [-0.25, -0.2) is 8.78 Å². The van der Waals surface area contributed by atoms with Gasteiger partial charge in [-0.1, -0.05) is 6.07 Å². The fourth-order valence-electron chi connectivity index (χ4n) is 2.89. The van der Waals surface area contributed by atoms with E-state index in [1.807, 2.05) is 6.07 Å². The van der Waals surface area contributed by atoms with Crippen LogP contribution in [0.5, 0.6) is 0 Å². The largest absolute Gasteiger partial charge is 0.472 e. The highest BCUT2D eigenvalue weighted by atomic mass is 19.1. The van der Waals surface area contributed by atoms with Crippen LogP contribution in [0.25, 0.3) is 0 Å². The fraction of sp³-hybridized carbons (Fsp3) is 0.353. The predicted molar refractivity (Wildman–Crippen MR) is 77.1 cm³/mol. The summed E-state index contributed by atoms with van der Waals surface area (Å²) in [5.74, 6) is -1.35. The first-order valence-electron chi connectivity index (χ1n) is 7.37. The SMILES string of the molecule is O=C(CCc1ccoc1)NC1(c2ccc(F)cc2F)CCC1. The predicted octanol–water partition coefficient (Wildman–Crippen LogP) is 3.69. The summed E-state index contributed by atoms with van der Waals surface area (Å²) in [6, 6.07) is 5.34. The molecule has 0 atom stereocenters. The molecule has 3 nitrogen and oxygen atoms in total. The molecule has 0 bridgehead atoms. The molecule has 1 aromatic heterocycles. The first kappa shape index (κ1) is 14.8. The Labute approximate surface area is 127 Å². The van der Waals surface area contributed by atoms with E-state index < -0.39 is 17.2 Å². The van der Waals surface area contributed by atoms with Crippen molar-refractivity contribution < 1.29 is 18.0 Å². The third-order valence-electron chi connectivity index (χ3n) is 4.25. The molecular weight excluding hydrogens is 288 g/mol. The number of hydrogen-bond acceptors (Lipinski definition) is 2. The summed E-state index contributed by atoms with van der Waals surface area (Å²) >= 11 is 0. The minimum atomic E-state index is -0.689. The van der Waals surface area contributed by atoms with Gasteiger partial charge in [-0.15, -0.1) is 0 Å². The lowest BCUT2D eigenvalue weighted by atomic mass is 9.71. The molecule has 5 heteroatoms. The Bertz CT molecular complexity index is 663. The van der Waals surface area contributed by atoms with E-state index in [9.17, 15) is 13.6 Å². The molecule has 1 aliphatic rings. The Kier molecular flexibility index (Phi) is 3.96. The van der Waals surface area contributed by atoms with Crippen molar-refractivity contribution in [1.82, 2.24) is 5.32 Å². The second-order valence-corrected chi connectivity index (χ2v) is 5.74.